The molecule has 3 rings (SSSR count). The molecule has 0 aliphatic rings. The number of carbonyl (C=O) groups is 1. The molecule has 1 unspecified atom stereocenters. The minimum absolute atomic E-state index is 0.0135. The highest BCUT2D eigenvalue weighted by Crippen LogP contribution is 2.27. The van der Waals surface area contributed by atoms with E-state index in [-0.39, 0.29) is 22.6 Å². The van der Waals surface area contributed by atoms with Crippen molar-refractivity contribution in [2.75, 3.05) is 7.11 Å². The number of para-hydroxylation sites is 1. The Morgan fingerprint density at radius 2 is 1.74 bits per heavy atom. The maximum absolute atomic E-state index is 12.9. The van der Waals surface area contributed by atoms with Gasteiger partial charge in [0, 0.05) is 11.6 Å². The summed E-state index contributed by atoms with van der Waals surface area (Å²) in [6.07, 6.45) is 0. The van der Waals surface area contributed by atoms with Gasteiger partial charge in [0.05, 0.1) is 23.3 Å². The molecule has 140 valence electrons. The Bertz CT molecular complexity index is 1030. The van der Waals surface area contributed by atoms with E-state index in [1.807, 2.05) is 39.0 Å². The van der Waals surface area contributed by atoms with Gasteiger partial charge in [-0.3, -0.25) is 14.2 Å². The lowest BCUT2D eigenvalue weighted by atomic mass is 10.1. The maximum atomic E-state index is 12.9. The zero-order valence-electron chi connectivity index (χ0n) is 15.8. The number of hydrogen-bond acceptors (Lipinski definition) is 5. The third-order valence-electron chi connectivity index (χ3n) is 4.32. The monoisotopic (exact) mass is 382 g/mol. The van der Waals surface area contributed by atoms with E-state index in [2.05, 4.69) is 4.98 Å². The summed E-state index contributed by atoms with van der Waals surface area (Å²) in [6, 6.07) is 14.3. The molecule has 0 radical (unpaired) electrons. The third kappa shape index (κ3) is 3.90. The number of aromatic nitrogens is 2. The van der Waals surface area contributed by atoms with Crippen molar-refractivity contribution in [1.29, 1.82) is 0 Å². The van der Waals surface area contributed by atoms with Crippen LogP contribution in [0, 0.1) is 0 Å². The van der Waals surface area contributed by atoms with Gasteiger partial charge in [-0.15, -0.1) is 0 Å². The second-order valence-corrected chi connectivity index (χ2v) is 7.84. The molecule has 0 fully saturated rings. The van der Waals surface area contributed by atoms with Crippen molar-refractivity contribution < 1.29 is 9.53 Å². The second-order valence-electron chi connectivity index (χ2n) is 6.53. The van der Waals surface area contributed by atoms with Gasteiger partial charge in [-0.2, -0.15) is 0 Å². The summed E-state index contributed by atoms with van der Waals surface area (Å²) in [5.41, 5.74) is 1.17. The molecular formula is C21H22N2O3S. The predicted molar refractivity (Wildman–Crippen MR) is 109 cm³/mol. The highest BCUT2D eigenvalue weighted by atomic mass is 32.2. The van der Waals surface area contributed by atoms with Gasteiger partial charge >= 0.3 is 0 Å². The summed E-state index contributed by atoms with van der Waals surface area (Å²) in [7, 11) is 1.59. The van der Waals surface area contributed by atoms with Crippen LogP contribution in [0.2, 0.25) is 0 Å². The van der Waals surface area contributed by atoms with Crippen molar-refractivity contribution in [2.24, 2.45) is 0 Å². The number of benzene rings is 2. The number of ether oxygens (including phenoxy) is 1. The third-order valence-corrected chi connectivity index (χ3v) is 5.38. The number of nitrogens with zero attached hydrogens (tertiary/aromatic N) is 2. The van der Waals surface area contributed by atoms with Crippen LogP contribution in [0.25, 0.3) is 10.9 Å². The van der Waals surface area contributed by atoms with Crippen molar-refractivity contribution in [3.8, 4) is 5.75 Å². The van der Waals surface area contributed by atoms with E-state index in [9.17, 15) is 9.59 Å². The van der Waals surface area contributed by atoms with Gasteiger partial charge < -0.3 is 4.74 Å². The Kier molecular flexibility index (Phi) is 5.65. The molecule has 1 atom stereocenters. The van der Waals surface area contributed by atoms with Crippen LogP contribution in [0.1, 0.15) is 37.2 Å². The van der Waals surface area contributed by atoms with Crippen LogP contribution in [0.15, 0.2) is 58.5 Å². The average molecular weight is 382 g/mol. The first-order valence-electron chi connectivity index (χ1n) is 8.78. The van der Waals surface area contributed by atoms with Crippen LogP contribution in [0.3, 0.4) is 0 Å². The Morgan fingerprint density at radius 3 is 2.37 bits per heavy atom. The van der Waals surface area contributed by atoms with Gasteiger partial charge in [-0.25, -0.2) is 4.98 Å². The van der Waals surface area contributed by atoms with E-state index in [0.717, 1.165) is 0 Å². The molecule has 0 N–H and O–H groups in total. The number of ketones is 1. The van der Waals surface area contributed by atoms with E-state index in [1.54, 1.807) is 42.0 Å². The second kappa shape index (κ2) is 7.96. The first-order chi connectivity index (χ1) is 12.9. The van der Waals surface area contributed by atoms with Gasteiger partial charge in [0.15, 0.2) is 10.9 Å². The van der Waals surface area contributed by atoms with Crippen LogP contribution in [0.4, 0.5) is 0 Å². The predicted octanol–water partition coefficient (Wildman–Crippen LogP) is 4.35. The molecule has 1 aromatic heterocycles. The Balaban J connectivity index is 1.96. The molecule has 5 nitrogen and oxygen atoms in total. The summed E-state index contributed by atoms with van der Waals surface area (Å²) < 4.78 is 6.79. The first kappa shape index (κ1) is 19.2. The molecule has 0 spiro atoms. The Morgan fingerprint density at radius 1 is 1.07 bits per heavy atom. The van der Waals surface area contributed by atoms with Crippen LogP contribution in [-0.2, 0) is 0 Å². The highest BCUT2D eigenvalue weighted by molar-refractivity contribution is 8.00. The van der Waals surface area contributed by atoms with Crippen molar-refractivity contribution in [3.05, 3.63) is 64.4 Å². The summed E-state index contributed by atoms with van der Waals surface area (Å²) in [5, 5.41) is 0.768. The smallest absolute Gasteiger partial charge is 0.262 e. The van der Waals surface area contributed by atoms with Crippen molar-refractivity contribution in [2.45, 2.75) is 37.2 Å². The van der Waals surface area contributed by atoms with E-state index in [4.69, 9.17) is 4.74 Å². The van der Waals surface area contributed by atoms with Gasteiger partial charge in [0.1, 0.15) is 5.75 Å². The number of thioether (sulfide) groups is 1. The largest absolute Gasteiger partial charge is 0.497 e. The summed E-state index contributed by atoms with van der Waals surface area (Å²) in [5.74, 6) is 0.692. The van der Waals surface area contributed by atoms with Crippen molar-refractivity contribution >= 4 is 28.4 Å². The quantitative estimate of drug-likeness (QED) is 0.360. The maximum Gasteiger partial charge on any atom is 0.262 e. The van der Waals surface area contributed by atoms with Gasteiger partial charge in [0.2, 0.25) is 0 Å². The molecule has 0 saturated carbocycles. The average Bonchev–Trinajstić information content (AvgIpc) is 2.67. The van der Waals surface area contributed by atoms with Gasteiger partial charge in [-0.1, -0.05) is 23.9 Å². The number of fused-ring (bicyclic) bond motifs is 1. The van der Waals surface area contributed by atoms with E-state index >= 15 is 0 Å². The van der Waals surface area contributed by atoms with Crippen molar-refractivity contribution in [3.63, 3.8) is 0 Å². The molecule has 3 aromatic rings. The summed E-state index contributed by atoms with van der Waals surface area (Å²) in [6.45, 7) is 5.72. The molecule has 0 saturated heterocycles. The standard InChI is InChI=1S/C21H22N2O3S/c1-13(2)23-20(25)17-7-5-6-8-18(17)22-21(23)27-14(3)19(24)15-9-11-16(26-4)12-10-15/h5-14H,1-4H3. The molecule has 0 amide bonds. The van der Waals surface area contributed by atoms with Crippen LogP contribution in [-0.4, -0.2) is 27.7 Å². The molecule has 6 heteroatoms. The molecule has 0 aliphatic carbocycles. The summed E-state index contributed by atoms with van der Waals surface area (Å²) in [4.78, 5) is 30.3. The highest BCUT2D eigenvalue weighted by Gasteiger charge is 2.21. The van der Waals surface area contributed by atoms with Gasteiger partial charge in [0.25, 0.3) is 5.56 Å². The zero-order valence-corrected chi connectivity index (χ0v) is 16.6. The number of Topliss-reactive ketones (excluding diaryl/α,β-unsaturated/α-hetero) is 1. The number of methoxy groups -OCH3 is 1. The van der Waals surface area contributed by atoms with E-state index in [1.165, 1.54) is 11.8 Å². The van der Waals surface area contributed by atoms with E-state index < -0.39 is 0 Å². The minimum Gasteiger partial charge on any atom is -0.497 e. The van der Waals surface area contributed by atoms with Crippen LogP contribution < -0.4 is 10.3 Å². The normalized spacial score (nSPS) is 12.3. The SMILES string of the molecule is COc1ccc(C(=O)C(C)Sc2nc3ccccc3c(=O)n2C(C)C)cc1. The summed E-state index contributed by atoms with van der Waals surface area (Å²) >= 11 is 1.31. The van der Waals surface area contributed by atoms with E-state index in [0.29, 0.717) is 27.4 Å². The Labute approximate surface area is 162 Å². The zero-order chi connectivity index (χ0) is 19.6. The Hall–Kier alpha value is -2.60. The minimum atomic E-state index is -0.378. The molecule has 1 heterocycles. The molecule has 0 aliphatic heterocycles. The van der Waals surface area contributed by atoms with Crippen LogP contribution in [0.5, 0.6) is 5.75 Å². The number of hydrogen-bond donors (Lipinski definition) is 0. The molecule has 27 heavy (non-hydrogen) atoms. The lowest BCUT2D eigenvalue weighted by Gasteiger charge is -2.18. The lowest BCUT2D eigenvalue weighted by molar-refractivity contribution is 0.0993. The van der Waals surface area contributed by atoms with Crippen LogP contribution >= 0.6 is 11.8 Å². The van der Waals surface area contributed by atoms with Crippen molar-refractivity contribution in [1.82, 2.24) is 9.55 Å². The lowest BCUT2D eigenvalue weighted by Crippen LogP contribution is -2.26. The fraction of sp³-hybridized carbons (Fsp3) is 0.286. The topological polar surface area (TPSA) is 61.2 Å². The molecular weight excluding hydrogens is 360 g/mol. The molecule has 2 aromatic carbocycles. The van der Waals surface area contributed by atoms with Gasteiger partial charge in [-0.05, 0) is 57.2 Å². The first-order valence-corrected chi connectivity index (χ1v) is 9.66. The number of carbonyl (C=O) groups excluding carboxylic acids is 1. The fourth-order valence-corrected chi connectivity index (χ4v) is 3.98. The molecule has 0 bridgehead atoms. The number of rotatable bonds is 6. The fourth-order valence-electron chi connectivity index (χ4n) is 2.87.